The van der Waals surface area contributed by atoms with Gasteiger partial charge in [-0.3, -0.25) is 10.2 Å². The molecule has 0 atom stereocenters. The highest BCUT2D eigenvalue weighted by Crippen LogP contribution is 2.13. The highest BCUT2D eigenvalue weighted by atomic mass is 35.5. The maximum atomic E-state index is 10.8. The predicted molar refractivity (Wildman–Crippen MR) is 54.5 cm³/mol. The number of rotatable bonds is 3. The maximum Gasteiger partial charge on any atom is 0.184 e. The second-order valence-corrected chi connectivity index (χ2v) is 2.92. The van der Waals surface area contributed by atoms with Gasteiger partial charge in [-0.1, -0.05) is 11.6 Å². The fourth-order valence-corrected chi connectivity index (χ4v) is 0.759. The molecule has 1 heterocycles. The van der Waals surface area contributed by atoms with E-state index >= 15 is 0 Å². The Hall–Kier alpha value is -1.49. The molecule has 1 aromatic rings. The summed E-state index contributed by atoms with van der Waals surface area (Å²) in [6.07, 6.45) is 2.95. The van der Waals surface area contributed by atoms with Crippen LogP contribution in [0.15, 0.2) is 17.5 Å². The lowest BCUT2D eigenvalue weighted by molar-refractivity contribution is -0.111. The number of aromatic nitrogens is 2. The van der Waals surface area contributed by atoms with E-state index in [1.54, 1.807) is 6.92 Å². The van der Waals surface area contributed by atoms with Gasteiger partial charge in [0.1, 0.15) is 5.71 Å². The van der Waals surface area contributed by atoms with Crippen molar-refractivity contribution in [3.05, 3.63) is 17.5 Å². The second kappa shape index (κ2) is 4.66. The van der Waals surface area contributed by atoms with Crippen molar-refractivity contribution < 1.29 is 4.79 Å². The fraction of sp³-hybridized carbons (Fsp3) is 0.250. The Bertz CT molecular complexity index is 377. The van der Waals surface area contributed by atoms with Crippen molar-refractivity contribution in [1.82, 2.24) is 9.97 Å². The number of nitrogens with zero attached hydrogens (tertiary/aromatic N) is 3. The summed E-state index contributed by atoms with van der Waals surface area (Å²) in [7, 11) is 0. The quantitative estimate of drug-likeness (QED) is 0.609. The molecule has 0 aliphatic carbocycles. The molecule has 0 radical (unpaired) electrons. The molecule has 0 spiro atoms. The summed E-state index contributed by atoms with van der Waals surface area (Å²) in [4.78, 5) is 18.5. The number of anilines is 1. The van der Waals surface area contributed by atoms with E-state index in [-0.39, 0.29) is 10.9 Å². The molecule has 1 rings (SSSR count). The number of ketones is 1. The average Bonchev–Trinajstić information content (AvgIpc) is 2.16. The Kier molecular flexibility index (Phi) is 3.53. The van der Waals surface area contributed by atoms with Gasteiger partial charge in [-0.05, 0) is 6.92 Å². The highest BCUT2D eigenvalue weighted by molar-refractivity contribution is 6.38. The Morgan fingerprint density at radius 1 is 1.43 bits per heavy atom. The first-order valence-electron chi connectivity index (χ1n) is 3.89. The average molecular weight is 213 g/mol. The smallest absolute Gasteiger partial charge is 0.184 e. The molecular weight excluding hydrogens is 204 g/mol. The largest absolute Gasteiger partial charge is 0.293 e. The van der Waals surface area contributed by atoms with Gasteiger partial charge in [-0.15, -0.1) is 0 Å². The molecule has 0 amide bonds. The molecule has 0 saturated carbocycles. The zero-order valence-electron chi connectivity index (χ0n) is 7.78. The Labute approximate surface area is 86.2 Å². The molecule has 1 aromatic heterocycles. The molecule has 1 N–H and O–H groups in total. The first-order chi connectivity index (χ1) is 6.61. The molecule has 0 saturated heterocycles. The van der Waals surface area contributed by atoms with Gasteiger partial charge in [0.2, 0.25) is 0 Å². The lowest BCUT2D eigenvalue weighted by atomic mass is 10.3. The third-order valence-corrected chi connectivity index (χ3v) is 1.77. The predicted octanol–water partition coefficient (Wildman–Crippen LogP) is 1.51. The molecular formula is C8H9ClN4O. The third-order valence-electron chi connectivity index (χ3n) is 1.49. The third kappa shape index (κ3) is 2.77. The van der Waals surface area contributed by atoms with Gasteiger partial charge in [0, 0.05) is 19.3 Å². The second-order valence-electron chi connectivity index (χ2n) is 2.56. The summed E-state index contributed by atoms with van der Waals surface area (Å²) < 4.78 is 0. The molecule has 5 nitrogen and oxygen atoms in total. The van der Waals surface area contributed by atoms with Crippen LogP contribution in [0.1, 0.15) is 13.8 Å². The first kappa shape index (κ1) is 10.6. The highest BCUT2D eigenvalue weighted by Gasteiger charge is 2.01. The Balaban J connectivity index is 2.76. The van der Waals surface area contributed by atoms with E-state index < -0.39 is 0 Å². The number of hydrazone groups is 1. The molecule has 0 unspecified atom stereocenters. The lowest BCUT2D eigenvalue weighted by Crippen LogP contribution is -2.07. The lowest BCUT2D eigenvalue weighted by Gasteiger charge is -2.00. The van der Waals surface area contributed by atoms with Crippen molar-refractivity contribution >= 4 is 28.9 Å². The van der Waals surface area contributed by atoms with Gasteiger partial charge in [0.15, 0.2) is 16.8 Å². The van der Waals surface area contributed by atoms with Crippen molar-refractivity contribution in [2.24, 2.45) is 5.10 Å². The molecule has 0 aliphatic heterocycles. The van der Waals surface area contributed by atoms with Crippen molar-refractivity contribution in [3.8, 4) is 0 Å². The van der Waals surface area contributed by atoms with Crippen molar-refractivity contribution in [2.45, 2.75) is 13.8 Å². The number of hydrogen-bond donors (Lipinski definition) is 1. The summed E-state index contributed by atoms with van der Waals surface area (Å²) in [5.41, 5.74) is 2.91. The van der Waals surface area contributed by atoms with Crippen LogP contribution in [0.5, 0.6) is 0 Å². The summed E-state index contributed by atoms with van der Waals surface area (Å²) >= 11 is 5.70. The van der Waals surface area contributed by atoms with Gasteiger partial charge >= 0.3 is 0 Å². The van der Waals surface area contributed by atoms with Gasteiger partial charge in [0.05, 0.1) is 0 Å². The van der Waals surface area contributed by atoms with Crippen molar-refractivity contribution in [2.75, 3.05) is 5.43 Å². The van der Waals surface area contributed by atoms with E-state index in [1.165, 1.54) is 19.3 Å². The van der Waals surface area contributed by atoms with Crippen LogP contribution in [-0.2, 0) is 4.79 Å². The van der Waals surface area contributed by atoms with Crippen LogP contribution in [-0.4, -0.2) is 21.5 Å². The van der Waals surface area contributed by atoms with Crippen molar-refractivity contribution in [1.29, 1.82) is 0 Å². The van der Waals surface area contributed by atoms with Crippen LogP contribution < -0.4 is 5.43 Å². The number of halogens is 1. The number of nitrogens with one attached hydrogen (secondary N) is 1. The number of hydrogen-bond acceptors (Lipinski definition) is 5. The zero-order chi connectivity index (χ0) is 10.6. The van der Waals surface area contributed by atoms with E-state index in [2.05, 4.69) is 20.5 Å². The van der Waals surface area contributed by atoms with Crippen molar-refractivity contribution in [3.63, 3.8) is 0 Å². The molecule has 14 heavy (non-hydrogen) atoms. The molecule has 0 fully saturated rings. The molecule has 0 bridgehead atoms. The van der Waals surface area contributed by atoms with Gasteiger partial charge in [0.25, 0.3) is 0 Å². The topological polar surface area (TPSA) is 67.2 Å². The minimum Gasteiger partial charge on any atom is -0.293 e. The van der Waals surface area contributed by atoms with E-state index in [4.69, 9.17) is 11.6 Å². The number of carbonyl (C=O) groups excluding carboxylic acids is 1. The van der Waals surface area contributed by atoms with Gasteiger partial charge in [-0.25, -0.2) is 9.97 Å². The molecule has 6 heteroatoms. The zero-order valence-corrected chi connectivity index (χ0v) is 8.54. The molecule has 0 aliphatic rings. The number of carbonyl (C=O) groups is 1. The summed E-state index contributed by atoms with van der Waals surface area (Å²) in [5.74, 6) is 0.215. The number of Topliss-reactive ketones (excluding diaryl/α,β-unsaturated/α-hetero) is 1. The summed E-state index contributed by atoms with van der Waals surface area (Å²) in [5, 5.41) is 4.00. The minimum atomic E-state index is -0.113. The monoisotopic (exact) mass is 212 g/mol. The standard InChI is InChI=1S/C8H9ClN4O/c1-5(6(2)14)12-13-8-7(9)10-3-4-11-8/h3-4H,1-2H3,(H,11,13). The van der Waals surface area contributed by atoms with Crippen LogP contribution >= 0.6 is 11.6 Å². The maximum absolute atomic E-state index is 10.8. The van der Waals surface area contributed by atoms with E-state index in [0.29, 0.717) is 11.5 Å². The van der Waals surface area contributed by atoms with Crippen LogP contribution in [0.25, 0.3) is 0 Å². The first-order valence-corrected chi connectivity index (χ1v) is 4.27. The van der Waals surface area contributed by atoms with Crippen LogP contribution in [0.2, 0.25) is 5.15 Å². The Morgan fingerprint density at radius 3 is 2.64 bits per heavy atom. The Morgan fingerprint density at radius 2 is 2.07 bits per heavy atom. The van der Waals surface area contributed by atoms with E-state index in [1.807, 2.05) is 0 Å². The molecule has 74 valence electrons. The van der Waals surface area contributed by atoms with Crippen LogP contribution in [0.3, 0.4) is 0 Å². The van der Waals surface area contributed by atoms with Gasteiger partial charge < -0.3 is 0 Å². The van der Waals surface area contributed by atoms with E-state index in [9.17, 15) is 4.79 Å². The van der Waals surface area contributed by atoms with Crippen LogP contribution in [0.4, 0.5) is 5.82 Å². The fourth-order valence-electron chi connectivity index (χ4n) is 0.612. The molecule has 0 aromatic carbocycles. The van der Waals surface area contributed by atoms with Gasteiger partial charge in [-0.2, -0.15) is 5.10 Å². The minimum absolute atomic E-state index is 0.113. The summed E-state index contributed by atoms with van der Waals surface area (Å²) in [6, 6.07) is 0. The summed E-state index contributed by atoms with van der Waals surface area (Å²) in [6.45, 7) is 3.03. The SMILES string of the molecule is CC(=O)C(C)=NNc1nccnc1Cl. The van der Waals surface area contributed by atoms with E-state index in [0.717, 1.165) is 0 Å². The van der Waals surface area contributed by atoms with Crippen LogP contribution in [0, 0.1) is 0 Å². The normalized spacial score (nSPS) is 11.2.